The normalized spacial score (nSPS) is 12.1. The Morgan fingerprint density at radius 2 is 2.13 bits per heavy atom. The Balaban J connectivity index is 2.78. The molecule has 0 amide bonds. The molecule has 0 aliphatic rings. The first-order valence-corrected chi connectivity index (χ1v) is 4.78. The summed E-state index contributed by atoms with van der Waals surface area (Å²) in [7, 11) is 0. The van der Waals surface area contributed by atoms with Crippen LogP contribution in [0.3, 0.4) is 0 Å². The Bertz CT molecular complexity index is 399. The molecule has 0 aromatic carbocycles. The van der Waals surface area contributed by atoms with E-state index in [4.69, 9.17) is 0 Å². The number of aliphatic imine (C=N–C) groups is 1. The molecular formula is C12H15N3. The van der Waals surface area contributed by atoms with Gasteiger partial charge < -0.3 is 0 Å². The Hall–Kier alpha value is -1.77. The summed E-state index contributed by atoms with van der Waals surface area (Å²) in [5.41, 5.74) is 3.38. The van der Waals surface area contributed by atoms with Gasteiger partial charge in [-0.2, -0.15) is 0 Å². The first kappa shape index (κ1) is 11.3. The number of allylic oxidation sites excluding steroid dienone is 3. The SMILES string of the molecule is C=C(C=N/C(C)=C\C)c1cnc(C)cn1. The van der Waals surface area contributed by atoms with Crippen molar-refractivity contribution in [1.82, 2.24) is 9.97 Å². The summed E-state index contributed by atoms with van der Waals surface area (Å²) in [5.74, 6) is 0. The van der Waals surface area contributed by atoms with Crippen molar-refractivity contribution in [2.75, 3.05) is 0 Å². The van der Waals surface area contributed by atoms with E-state index in [9.17, 15) is 0 Å². The predicted octanol–water partition coefficient (Wildman–Crippen LogP) is 2.79. The molecule has 0 N–H and O–H groups in total. The van der Waals surface area contributed by atoms with Crippen molar-refractivity contribution in [3.63, 3.8) is 0 Å². The Kier molecular flexibility index (Phi) is 3.92. The number of aromatic nitrogens is 2. The third-order valence-corrected chi connectivity index (χ3v) is 1.95. The molecule has 0 unspecified atom stereocenters. The third kappa shape index (κ3) is 3.46. The third-order valence-electron chi connectivity index (χ3n) is 1.95. The minimum absolute atomic E-state index is 0.758. The van der Waals surface area contributed by atoms with Crippen LogP contribution in [0.2, 0.25) is 0 Å². The molecule has 15 heavy (non-hydrogen) atoms. The van der Waals surface area contributed by atoms with Crippen molar-refractivity contribution in [1.29, 1.82) is 0 Å². The molecule has 0 radical (unpaired) electrons. The molecule has 1 heterocycles. The fraction of sp³-hybridized carbons (Fsp3) is 0.250. The summed E-state index contributed by atoms with van der Waals surface area (Å²) < 4.78 is 0. The Morgan fingerprint density at radius 3 is 2.67 bits per heavy atom. The van der Waals surface area contributed by atoms with Crippen LogP contribution >= 0.6 is 0 Å². The highest BCUT2D eigenvalue weighted by molar-refractivity contribution is 6.08. The van der Waals surface area contributed by atoms with Crippen molar-refractivity contribution >= 4 is 11.8 Å². The maximum atomic E-state index is 4.21. The minimum atomic E-state index is 0.758. The summed E-state index contributed by atoms with van der Waals surface area (Å²) in [6.07, 6.45) is 7.06. The van der Waals surface area contributed by atoms with E-state index in [2.05, 4.69) is 21.5 Å². The van der Waals surface area contributed by atoms with Gasteiger partial charge in [-0.15, -0.1) is 0 Å². The van der Waals surface area contributed by atoms with Crippen LogP contribution in [0.15, 0.2) is 35.7 Å². The molecule has 0 spiro atoms. The Labute approximate surface area is 90.3 Å². The fourth-order valence-electron chi connectivity index (χ4n) is 0.879. The maximum absolute atomic E-state index is 4.21. The van der Waals surface area contributed by atoms with Gasteiger partial charge in [0.25, 0.3) is 0 Å². The van der Waals surface area contributed by atoms with Gasteiger partial charge in [0.2, 0.25) is 0 Å². The monoisotopic (exact) mass is 201 g/mol. The van der Waals surface area contributed by atoms with Gasteiger partial charge in [0.15, 0.2) is 0 Å². The molecule has 0 saturated heterocycles. The Morgan fingerprint density at radius 1 is 1.40 bits per heavy atom. The van der Waals surface area contributed by atoms with E-state index in [0.29, 0.717) is 0 Å². The first-order chi connectivity index (χ1) is 7.13. The van der Waals surface area contributed by atoms with Crippen LogP contribution in [0.1, 0.15) is 25.2 Å². The van der Waals surface area contributed by atoms with Crippen LogP contribution in [0.5, 0.6) is 0 Å². The molecule has 1 rings (SSSR count). The average molecular weight is 201 g/mol. The molecule has 0 fully saturated rings. The van der Waals surface area contributed by atoms with Crippen LogP contribution in [-0.4, -0.2) is 16.2 Å². The van der Waals surface area contributed by atoms with Crippen molar-refractivity contribution in [3.05, 3.63) is 42.1 Å². The zero-order valence-corrected chi connectivity index (χ0v) is 9.36. The number of aryl methyl sites for hydroxylation is 1. The summed E-state index contributed by atoms with van der Waals surface area (Å²) in [4.78, 5) is 12.6. The lowest BCUT2D eigenvalue weighted by Crippen LogP contribution is -1.92. The molecule has 0 aliphatic carbocycles. The lowest BCUT2D eigenvalue weighted by molar-refractivity contribution is 1.10. The van der Waals surface area contributed by atoms with Gasteiger partial charge in [-0.1, -0.05) is 12.7 Å². The smallest absolute Gasteiger partial charge is 0.0894 e. The number of hydrogen-bond donors (Lipinski definition) is 0. The lowest BCUT2D eigenvalue weighted by Gasteiger charge is -1.98. The van der Waals surface area contributed by atoms with Crippen LogP contribution in [0.25, 0.3) is 5.57 Å². The second kappa shape index (κ2) is 5.20. The molecule has 1 aromatic heterocycles. The largest absolute Gasteiger partial charge is 0.261 e. The minimum Gasteiger partial charge on any atom is -0.261 e. The van der Waals surface area contributed by atoms with E-state index < -0.39 is 0 Å². The van der Waals surface area contributed by atoms with E-state index in [1.807, 2.05) is 26.8 Å². The quantitative estimate of drug-likeness (QED) is 0.705. The number of hydrogen-bond acceptors (Lipinski definition) is 3. The van der Waals surface area contributed by atoms with E-state index in [1.54, 1.807) is 18.6 Å². The highest BCUT2D eigenvalue weighted by atomic mass is 14.8. The molecule has 0 bridgehead atoms. The second-order valence-corrected chi connectivity index (χ2v) is 3.26. The van der Waals surface area contributed by atoms with Gasteiger partial charge in [0, 0.05) is 23.7 Å². The van der Waals surface area contributed by atoms with Crippen LogP contribution in [-0.2, 0) is 0 Å². The summed E-state index contributed by atoms with van der Waals surface area (Å²) in [6.45, 7) is 9.66. The molecule has 0 saturated carbocycles. The first-order valence-electron chi connectivity index (χ1n) is 4.78. The fourth-order valence-corrected chi connectivity index (χ4v) is 0.879. The predicted molar refractivity (Wildman–Crippen MR) is 63.7 cm³/mol. The van der Waals surface area contributed by atoms with Crippen LogP contribution in [0, 0.1) is 6.92 Å². The van der Waals surface area contributed by atoms with Gasteiger partial charge in [-0.05, 0) is 20.8 Å². The molecule has 3 nitrogen and oxygen atoms in total. The number of rotatable bonds is 3. The van der Waals surface area contributed by atoms with Crippen LogP contribution < -0.4 is 0 Å². The van der Waals surface area contributed by atoms with Crippen molar-refractivity contribution in [2.45, 2.75) is 20.8 Å². The van der Waals surface area contributed by atoms with Crippen molar-refractivity contribution in [2.24, 2.45) is 4.99 Å². The second-order valence-electron chi connectivity index (χ2n) is 3.26. The topological polar surface area (TPSA) is 38.1 Å². The highest BCUT2D eigenvalue weighted by Crippen LogP contribution is 2.06. The molecule has 0 atom stereocenters. The maximum Gasteiger partial charge on any atom is 0.0894 e. The summed E-state index contributed by atoms with van der Waals surface area (Å²) >= 11 is 0. The zero-order valence-electron chi connectivity index (χ0n) is 9.36. The van der Waals surface area contributed by atoms with E-state index in [1.165, 1.54) is 0 Å². The van der Waals surface area contributed by atoms with E-state index in [0.717, 1.165) is 22.7 Å². The van der Waals surface area contributed by atoms with E-state index >= 15 is 0 Å². The van der Waals surface area contributed by atoms with Crippen LogP contribution in [0.4, 0.5) is 0 Å². The van der Waals surface area contributed by atoms with Gasteiger partial charge >= 0.3 is 0 Å². The highest BCUT2D eigenvalue weighted by Gasteiger charge is 1.97. The zero-order chi connectivity index (χ0) is 11.3. The summed E-state index contributed by atoms with van der Waals surface area (Å²) in [5, 5.41) is 0. The molecular weight excluding hydrogens is 186 g/mol. The number of nitrogens with zero attached hydrogens (tertiary/aromatic N) is 3. The standard InChI is InChI=1S/C12H15N3/c1-5-10(3)13-6-9(2)12-8-14-11(4)7-15-12/h5-8H,2H2,1,3-4H3/b10-5-,13-6?. The summed E-state index contributed by atoms with van der Waals surface area (Å²) in [6, 6.07) is 0. The van der Waals surface area contributed by atoms with Gasteiger partial charge in [0.05, 0.1) is 17.6 Å². The average Bonchev–Trinajstić information content (AvgIpc) is 2.26. The van der Waals surface area contributed by atoms with E-state index in [-0.39, 0.29) is 0 Å². The molecule has 3 heteroatoms. The van der Waals surface area contributed by atoms with Crippen molar-refractivity contribution in [3.8, 4) is 0 Å². The van der Waals surface area contributed by atoms with Crippen molar-refractivity contribution < 1.29 is 0 Å². The molecule has 0 aliphatic heterocycles. The van der Waals surface area contributed by atoms with Gasteiger partial charge in [-0.25, -0.2) is 0 Å². The van der Waals surface area contributed by atoms with Gasteiger partial charge in [-0.3, -0.25) is 15.0 Å². The molecule has 78 valence electrons. The molecule has 1 aromatic rings. The lowest BCUT2D eigenvalue weighted by atomic mass is 10.2. The van der Waals surface area contributed by atoms with Gasteiger partial charge in [0.1, 0.15) is 0 Å².